The number of rotatable bonds is 2. The van der Waals surface area contributed by atoms with Crippen molar-refractivity contribution in [2.24, 2.45) is 5.73 Å². The zero-order valence-electron chi connectivity index (χ0n) is 9.70. The predicted molar refractivity (Wildman–Crippen MR) is 69.8 cm³/mol. The number of imidazole rings is 1. The van der Waals surface area contributed by atoms with Gasteiger partial charge in [-0.2, -0.15) is 0 Å². The van der Waals surface area contributed by atoms with Gasteiger partial charge in [-0.15, -0.1) is 0 Å². The molecule has 0 radical (unpaired) electrons. The van der Waals surface area contributed by atoms with Crippen LogP contribution in [0.3, 0.4) is 0 Å². The van der Waals surface area contributed by atoms with Crippen molar-refractivity contribution in [2.45, 2.75) is 25.0 Å². The smallest absolute Gasteiger partial charge is 0.323 e. The monoisotopic (exact) mass is 267 g/mol. The van der Waals surface area contributed by atoms with Gasteiger partial charge in [0.25, 0.3) is 0 Å². The van der Waals surface area contributed by atoms with Crippen molar-refractivity contribution < 1.29 is 4.74 Å². The first-order chi connectivity index (χ1) is 8.65. The lowest BCUT2D eigenvalue weighted by Gasteiger charge is -2.20. The van der Waals surface area contributed by atoms with Crippen molar-refractivity contribution in [1.29, 1.82) is 0 Å². The Hall–Kier alpha value is -1.30. The predicted octanol–water partition coefficient (Wildman–Crippen LogP) is 1.69. The number of nitrogens with one attached hydrogen (secondary N) is 2. The second kappa shape index (κ2) is 4.42. The van der Waals surface area contributed by atoms with Gasteiger partial charge in [0.2, 0.25) is 0 Å². The van der Waals surface area contributed by atoms with Gasteiger partial charge in [0.1, 0.15) is 0 Å². The normalized spacial score (nSPS) is 21.6. The van der Waals surface area contributed by atoms with E-state index in [2.05, 4.69) is 9.97 Å². The lowest BCUT2D eigenvalue weighted by atomic mass is 10.00. The Morgan fingerprint density at radius 1 is 1.39 bits per heavy atom. The zero-order chi connectivity index (χ0) is 12.7. The highest BCUT2D eigenvalue weighted by Crippen LogP contribution is 2.31. The maximum atomic E-state index is 11.2. The van der Waals surface area contributed by atoms with Crippen LogP contribution in [0, 0.1) is 0 Å². The van der Waals surface area contributed by atoms with Gasteiger partial charge in [-0.25, -0.2) is 4.79 Å². The number of benzene rings is 1. The summed E-state index contributed by atoms with van der Waals surface area (Å²) in [5, 5.41) is 0.556. The van der Waals surface area contributed by atoms with Crippen LogP contribution in [0.15, 0.2) is 16.9 Å². The quantitative estimate of drug-likeness (QED) is 0.774. The highest BCUT2D eigenvalue weighted by Gasteiger charge is 2.26. The fraction of sp³-hybridized carbons (Fsp3) is 0.417. The first-order valence-corrected chi connectivity index (χ1v) is 6.31. The van der Waals surface area contributed by atoms with Crippen molar-refractivity contribution in [3.63, 3.8) is 0 Å². The molecule has 2 aromatic rings. The number of aromatic nitrogens is 2. The van der Waals surface area contributed by atoms with Gasteiger partial charge >= 0.3 is 5.69 Å². The van der Waals surface area contributed by atoms with Crippen LogP contribution in [-0.2, 0) is 4.74 Å². The number of ether oxygens (including phenoxy) is 1. The van der Waals surface area contributed by atoms with Crippen LogP contribution in [0.1, 0.15) is 24.4 Å². The molecule has 0 spiro atoms. The van der Waals surface area contributed by atoms with E-state index in [0.29, 0.717) is 16.1 Å². The molecule has 96 valence electrons. The Kier molecular flexibility index (Phi) is 2.89. The summed E-state index contributed by atoms with van der Waals surface area (Å²) in [6.45, 7) is 0.749. The summed E-state index contributed by atoms with van der Waals surface area (Å²) < 4.78 is 5.58. The molecule has 18 heavy (non-hydrogen) atoms. The van der Waals surface area contributed by atoms with Crippen LogP contribution in [0.2, 0.25) is 5.02 Å². The molecule has 1 fully saturated rings. The highest BCUT2D eigenvalue weighted by atomic mass is 35.5. The van der Waals surface area contributed by atoms with E-state index in [0.717, 1.165) is 25.0 Å². The zero-order valence-corrected chi connectivity index (χ0v) is 10.5. The summed E-state index contributed by atoms with van der Waals surface area (Å²) in [6, 6.07) is 3.28. The number of aromatic amines is 2. The molecule has 1 aliphatic heterocycles. The lowest BCUT2D eigenvalue weighted by Crippen LogP contribution is -2.25. The summed E-state index contributed by atoms with van der Waals surface area (Å²) >= 11 is 6.21. The molecule has 1 aromatic carbocycles. The number of halogens is 1. The van der Waals surface area contributed by atoms with Gasteiger partial charge in [0.15, 0.2) is 0 Å². The standard InChI is InChI=1S/C12H14ClN3O2/c13-7-5-9-8(15-12(17)16-9)4-6(7)11(14)10-2-1-3-18-10/h4-5,10-11H,1-3,14H2,(H2,15,16,17). The molecule has 0 bridgehead atoms. The maximum Gasteiger partial charge on any atom is 0.323 e. The van der Waals surface area contributed by atoms with Gasteiger partial charge in [-0.3, -0.25) is 0 Å². The molecular weight excluding hydrogens is 254 g/mol. The third kappa shape index (κ3) is 1.94. The van der Waals surface area contributed by atoms with E-state index in [1.165, 1.54) is 0 Å². The van der Waals surface area contributed by atoms with Crippen molar-refractivity contribution >= 4 is 22.6 Å². The number of hydrogen-bond acceptors (Lipinski definition) is 3. The minimum Gasteiger partial charge on any atom is -0.376 e. The van der Waals surface area contributed by atoms with Crippen molar-refractivity contribution in [3.05, 3.63) is 33.2 Å². The Morgan fingerprint density at radius 2 is 2.11 bits per heavy atom. The molecule has 1 aliphatic rings. The summed E-state index contributed by atoms with van der Waals surface area (Å²) in [5.41, 5.74) is 8.16. The summed E-state index contributed by atoms with van der Waals surface area (Å²) in [7, 11) is 0. The Bertz CT molecular complexity index is 628. The van der Waals surface area contributed by atoms with Gasteiger partial charge in [-0.05, 0) is 30.5 Å². The van der Waals surface area contributed by atoms with E-state index in [1.807, 2.05) is 6.07 Å². The van der Waals surface area contributed by atoms with Gasteiger partial charge in [0.05, 0.1) is 23.2 Å². The van der Waals surface area contributed by atoms with Crippen LogP contribution in [0.25, 0.3) is 11.0 Å². The molecule has 2 atom stereocenters. The molecule has 5 nitrogen and oxygen atoms in total. The van der Waals surface area contributed by atoms with E-state index in [4.69, 9.17) is 22.1 Å². The molecule has 2 unspecified atom stereocenters. The SMILES string of the molecule is NC(c1cc2[nH]c(=O)[nH]c2cc1Cl)C1CCCO1. The molecule has 0 saturated carbocycles. The second-order valence-corrected chi connectivity index (χ2v) is 4.98. The van der Waals surface area contributed by atoms with Gasteiger partial charge in [0, 0.05) is 11.6 Å². The van der Waals surface area contributed by atoms with Crippen LogP contribution < -0.4 is 11.4 Å². The summed E-state index contributed by atoms with van der Waals surface area (Å²) in [5.74, 6) is 0. The van der Waals surface area contributed by atoms with E-state index < -0.39 is 0 Å². The van der Waals surface area contributed by atoms with Crippen molar-refractivity contribution in [2.75, 3.05) is 6.61 Å². The van der Waals surface area contributed by atoms with Crippen LogP contribution in [-0.4, -0.2) is 22.7 Å². The molecule has 2 heterocycles. The molecule has 0 amide bonds. The topological polar surface area (TPSA) is 83.9 Å². The van der Waals surface area contributed by atoms with Crippen LogP contribution in [0.4, 0.5) is 0 Å². The lowest BCUT2D eigenvalue weighted by molar-refractivity contribution is 0.0901. The Labute approximate surface area is 108 Å². The van der Waals surface area contributed by atoms with E-state index in [9.17, 15) is 4.79 Å². The minimum absolute atomic E-state index is 0.00520. The minimum atomic E-state index is -0.261. The Morgan fingerprint density at radius 3 is 2.78 bits per heavy atom. The molecule has 0 aliphatic carbocycles. The third-order valence-electron chi connectivity index (χ3n) is 3.36. The molecule has 6 heteroatoms. The summed E-state index contributed by atoms with van der Waals surface area (Å²) in [4.78, 5) is 16.6. The summed E-state index contributed by atoms with van der Waals surface area (Å²) in [6.07, 6.45) is 1.98. The maximum absolute atomic E-state index is 11.2. The fourth-order valence-electron chi connectivity index (χ4n) is 2.41. The second-order valence-electron chi connectivity index (χ2n) is 4.58. The first-order valence-electron chi connectivity index (χ1n) is 5.94. The van der Waals surface area contributed by atoms with E-state index >= 15 is 0 Å². The van der Waals surface area contributed by atoms with E-state index in [1.54, 1.807) is 6.07 Å². The number of H-pyrrole nitrogens is 2. The average molecular weight is 268 g/mol. The number of hydrogen-bond donors (Lipinski definition) is 3. The molecule has 3 rings (SSSR count). The fourth-order valence-corrected chi connectivity index (χ4v) is 2.70. The molecule has 4 N–H and O–H groups in total. The van der Waals surface area contributed by atoms with Crippen molar-refractivity contribution in [1.82, 2.24) is 9.97 Å². The highest BCUT2D eigenvalue weighted by molar-refractivity contribution is 6.32. The van der Waals surface area contributed by atoms with Crippen molar-refractivity contribution in [3.8, 4) is 0 Å². The molecular formula is C12H14ClN3O2. The van der Waals surface area contributed by atoms with Gasteiger partial charge < -0.3 is 20.4 Å². The van der Waals surface area contributed by atoms with Gasteiger partial charge in [-0.1, -0.05) is 11.6 Å². The van der Waals surface area contributed by atoms with Crippen LogP contribution >= 0.6 is 11.6 Å². The third-order valence-corrected chi connectivity index (χ3v) is 3.69. The average Bonchev–Trinajstić information content (AvgIpc) is 2.94. The largest absolute Gasteiger partial charge is 0.376 e. The first kappa shape index (κ1) is 11.8. The Balaban J connectivity index is 2.04. The number of fused-ring (bicyclic) bond motifs is 1. The van der Waals surface area contributed by atoms with Crippen LogP contribution in [0.5, 0.6) is 0 Å². The molecule has 1 aromatic heterocycles. The molecule has 1 saturated heterocycles. The van der Waals surface area contributed by atoms with E-state index in [-0.39, 0.29) is 17.8 Å². The number of nitrogens with two attached hydrogens (primary N) is 1.